The van der Waals surface area contributed by atoms with Crippen LogP contribution in [0.4, 0.5) is 0 Å². The topological polar surface area (TPSA) is 41.5 Å². The molecule has 0 heterocycles. The Hall–Kier alpha value is -1.06. The fourth-order valence-corrected chi connectivity index (χ4v) is 2.91. The summed E-state index contributed by atoms with van der Waals surface area (Å²) in [6.07, 6.45) is 6.44. The van der Waals surface area contributed by atoms with E-state index in [1.165, 1.54) is 12.8 Å². The van der Waals surface area contributed by atoms with E-state index in [0.717, 1.165) is 37.0 Å². The van der Waals surface area contributed by atoms with Gasteiger partial charge in [0.05, 0.1) is 11.7 Å². The molecule has 0 atom stereocenters. The van der Waals surface area contributed by atoms with Crippen molar-refractivity contribution in [1.82, 2.24) is 5.32 Å². The number of hydrogen-bond donors (Lipinski definition) is 2. The zero-order valence-corrected chi connectivity index (χ0v) is 11.6. The van der Waals surface area contributed by atoms with Crippen LogP contribution in [0.5, 0.6) is 5.75 Å². The molecule has 3 nitrogen and oxygen atoms in total. The quantitative estimate of drug-likeness (QED) is 0.875. The Morgan fingerprint density at radius 1 is 1.21 bits per heavy atom. The molecule has 2 saturated carbocycles. The highest BCUT2D eigenvalue weighted by atomic mass is 16.5. The van der Waals surface area contributed by atoms with Crippen LogP contribution >= 0.6 is 0 Å². The van der Waals surface area contributed by atoms with Gasteiger partial charge in [-0.15, -0.1) is 0 Å². The second kappa shape index (κ2) is 5.14. The maximum absolute atomic E-state index is 10.8. The summed E-state index contributed by atoms with van der Waals surface area (Å²) in [5, 5.41) is 14.1. The molecule has 19 heavy (non-hydrogen) atoms. The molecule has 0 saturated heterocycles. The smallest absolute Gasteiger partial charge is 0.120 e. The van der Waals surface area contributed by atoms with E-state index in [1.807, 2.05) is 31.3 Å². The first-order chi connectivity index (χ1) is 9.19. The highest BCUT2D eigenvalue weighted by Crippen LogP contribution is 2.38. The standard InChI is InChI=1S/C16H23NO2/c1-17-13-7-9-16(18,10-8-13)12-3-2-4-15(11-12)19-14-5-6-14/h2-4,11,13-14,17-18H,5-10H2,1H3. The first kappa shape index (κ1) is 12.9. The molecule has 2 aliphatic carbocycles. The van der Waals surface area contributed by atoms with Gasteiger partial charge >= 0.3 is 0 Å². The molecule has 104 valence electrons. The van der Waals surface area contributed by atoms with Crippen molar-refractivity contribution in [1.29, 1.82) is 0 Å². The van der Waals surface area contributed by atoms with Crippen molar-refractivity contribution >= 4 is 0 Å². The van der Waals surface area contributed by atoms with E-state index in [0.29, 0.717) is 12.1 Å². The number of ether oxygens (including phenoxy) is 1. The van der Waals surface area contributed by atoms with E-state index in [4.69, 9.17) is 4.74 Å². The van der Waals surface area contributed by atoms with Gasteiger partial charge in [0.15, 0.2) is 0 Å². The molecule has 1 aromatic carbocycles. The molecule has 3 heteroatoms. The van der Waals surface area contributed by atoms with Crippen molar-refractivity contribution in [2.45, 2.75) is 56.3 Å². The van der Waals surface area contributed by atoms with E-state index in [9.17, 15) is 5.11 Å². The van der Waals surface area contributed by atoms with Crippen molar-refractivity contribution < 1.29 is 9.84 Å². The minimum absolute atomic E-state index is 0.407. The van der Waals surface area contributed by atoms with E-state index in [-0.39, 0.29) is 0 Å². The summed E-state index contributed by atoms with van der Waals surface area (Å²) >= 11 is 0. The van der Waals surface area contributed by atoms with Crippen LogP contribution < -0.4 is 10.1 Å². The molecule has 0 unspecified atom stereocenters. The largest absolute Gasteiger partial charge is 0.490 e. The average Bonchev–Trinajstić information content (AvgIpc) is 3.24. The first-order valence-corrected chi connectivity index (χ1v) is 7.36. The van der Waals surface area contributed by atoms with Gasteiger partial charge in [0.1, 0.15) is 5.75 Å². The Kier molecular flexibility index (Phi) is 3.50. The van der Waals surface area contributed by atoms with E-state index >= 15 is 0 Å². The third kappa shape index (κ3) is 2.93. The average molecular weight is 261 g/mol. The highest BCUT2D eigenvalue weighted by molar-refractivity contribution is 5.33. The van der Waals surface area contributed by atoms with Crippen LogP contribution in [0.3, 0.4) is 0 Å². The van der Waals surface area contributed by atoms with Crippen LogP contribution in [0, 0.1) is 0 Å². The number of aliphatic hydroxyl groups is 1. The lowest BCUT2D eigenvalue weighted by molar-refractivity contribution is -0.00783. The summed E-state index contributed by atoms with van der Waals surface area (Å²) in [6, 6.07) is 8.59. The number of nitrogens with one attached hydrogen (secondary N) is 1. The van der Waals surface area contributed by atoms with Gasteiger partial charge in [-0.1, -0.05) is 12.1 Å². The van der Waals surface area contributed by atoms with Gasteiger partial charge < -0.3 is 15.2 Å². The summed E-state index contributed by atoms with van der Waals surface area (Å²) in [6.45, 7) is 0. The molecule has 2 aliphatic rings. The molecule has 2 fully saturated rings. The molecule has 0 spiro atoms. The predicted molar refractivity (Wildman–Crippen MR) is 75.3 cm³/mol. The maximum atomic E-state index is 10.8. The fraction of sp³-hybridized carbons (Fsp3) is 0.625. The lowest BCUT2D eigenvalue weighted by Crippen LogP contribution is -2.38. The Labute approximate surface area is 115 Å². The summed E-state index contributed by atoms with van der Waals surface area (Å²) in [7, 11) is 2.00. The Balaban J connectivity index is 1.73. The fourth-order valence-electron chi connectivity index (χ4n) is 2.91. The lowest BCUT2D eigenvalue weighted by atomic mass is 9.78. The zero-order valence-electron chi connectivity index (χ0n) is 11.6. The number of hydrogen-bond acceptors (Lipinski definition) is 3. The molecule has 0 amide bonds. The van der Waals surface area contributed by atoms with E-state index in [2.05, 4.69) is 5.32 Å². The van der Waals surface area contributed by atoms with Gasteiger partial charge in [-0.3, -0.25) is 0 Å². The van der Waals surface area contributed by atoms with Crippen LogP contribution in [0.2, 0.25) is 0 Å². The third-order valence-corrected chi connectivity index (χ3v) is 4.42. The minimum atomic E-state index is -0.670. The maximum Gasteiger partial charge on any atom is 0.120 e. The summed E-state index contributed by atoms with van der Waals surface area (Å²) in [5.41, 5.74) is 0.344. The monoisotopic (exact) mass is 261 g/mol. The van der Waals surface area contributed by atoms with E-state index in [1.54, 1.807) is 0 Å². The van der Waals surface area contributed by atoms with Gasteiger partial charge in [-0.25, -0.2) is 0 Å². The Morgan fingerprint density at radius 3 is 2.58 bits per heavy atom. The van der Waals surface area contributed by atoms with E-state index < -0.39 is 5.60 Å². The summed E-state index contributed by atoms with van der Waals surface area (Å²) < 4.78 is 5.82. The van der Waals surface area contributed by atoms with Gasteiger partial charge in [0, 0.05) is 6.04 Å². The van der Waals surface area contributed by atoms with Crippen LogP contribution in [-0.2, 0) is 5.60 Å². The Morgan fingerprint density at radius 2 is 1.95 bits per heavy atom. The number of rotatable bonds is 4. The van der Waals surface area contributed by atoms with Crippen LogP contribution in [0.1, 0.15) is 44.1 Å². The molecule has 1 aromatic rings. The SMILES string of the molecule is CNC1CCC(O)(c2cccc(OC3CC3)c2)CC1. The molecule has 3 rings (SSSR count). The third-order valence-electron chi connectivity index (χ3n) is 4.42. The lowest BCUT2D eigenvalue weighted by Gasteiger charge is -2.36. The molecular formula is C16H23NO2. The van der Waals surface area contributed by atoms with Crippen molar-refractivity contribution in [3.05, 3.63) is 29.8 Å². The van der Waals surface area contributed by atoms with Crippen molar-refractivity contribution in [2.75, 3.05) is 7.05 Å². The van der Waals surface area contributed by atoms with Gasteiger partial charge in [-0.05, 0) is 63.3 Å². The van der Waals surface area contributed by atoms with Crippen molar-refractivity contribution in [3.63, 3.8) is 0 Å². The predicted octanol–water partition coefficient (Wildman–Crippen LogP) is 2.58. The van der Waals surface area contributed by atoms with Crippen LogP contribution in [-0.4, -0.2) is 24.3 Å². The summed E-state index contributed by atoms with van der Waals surface area (Å²) in [4.78, 5) is 0. The molecular weight excluding hydrogens is 238 g/mol. The molecule has 0 aromatic heterocycles. The molecule has 2 N–H and O–H groups in total. The molecule has 0 bridgehead atoms. The zero-order chi connectivity index (χ0) is 13.3. The van der Waals surface area contributed by atoms with Gasteiger partial charge in [0.25, 0.3) is 0 Å². The van der Waals surface area contributed by atoms with Gasteiger partial charge in [-0.2, -0.15) is 0 Å². The summed E-state index contributed by atoms with van der Waals surface area (Å²) in [5.74, 6) is 0.907. The molecule has 0 aliphatic heterocycles. The highest BCUT2D eigenvalue weighted by Gasteiger charge is 2.34. The Bertz CT molecular complexity index is 434. The molecule has 0 radical (unpaired) electrons. The number of benzene rings is 1. The second-order valence-corrected chi connectivity index (χ2v) is 5.94. The van der Waals surface area contributed by atoms with Crippen LogP contribution in [0.25, 0.3) is 0 Å². The van der Waals surface area contributed by atoms with Crippen LogP contribution in [0.15, 0.2) is 24.3 Å². The minimum Gasteiger partial charge on any atom is -0.490 e. The second-order valence-electron chi connectivity index (χ2n) is 5.94. The first-order valence-electron chi connectivity index (χ1n) is 7.36. The van der Waals surface area contributed by atoms with Gasteiger partial charge in [0.2, 0.25) is 0 Å². The van der Waals surface area contributed by atoms with Crippen molar-refractivity contribution in [3.8, 4) is 5.75 Å². The van der Waals surface area contributed by atoms with Crippen molar-refractivity contribution in [2.24, 2.45) is 0 Å². The normalized spacial score (nSPS) is 31.2.